The molecular weight excluding hydrogens is 551 g/mol. The van der Waals surface area contributed by atoms with Crippen LogP contribution >= 0.6 is 11.8 Å². The third-order valence-corrected chi connectivity index (χ3v) is 9.15. The fraction of sp³-hybridized carbons (Fsp3) is 0.481. The molecule has 6 atom stereocenters. The molecule has 0 aliphatic carbocycles. The van der Waals surface area contributed by atoms with Crippen molar-refractivity contribution in [3.8, 4) is 11.3 Å². The molecule has 0 radical (unpaired) electrons. The first-order chi connectivity index (χ1) is 19.1. The number of aryl methyl sites for hydroxylation is 1. The summed E-state index contributed by atoms with van der Waals surface area (Å²) >= 11 is 1.17. The maximum atomic E-state index is 13.8. The lowest BCUT2D eigenvalue weighted by atomic mass is 9.85. The molecule has 3 aromatic rings. The van der Waals surface area contributed by atoms with E-state index < -0.39 is 64.7 Å². The van der Waals surface area contributed by atoms with Gasteiger partial charge in [0.15, 0.2) is 17.5 Å². The Kier molecular flexibility index (Phi) is 8.53. The third-order valence-electron chi connectivity index (χ3n) is 7.53. The molecule has 2 fully saturated rings. The molecule has 1 aromatic heterocycles. The average Bonchev–Trinajstić information content (AvgIpc) is 3.42. The van der Waals surface area contributed by atoms with E-state index in [9.17, 15) is 33.6 Å². The number of aromatic nitrogens is 3. The third kappa shape index (κ3) is 5.51. The number of benzene rings is 2. The highest BCUT2D eigenvalue weighted by Gasteiger charge is 2.50. The molecule has 40 heavy (non-hydrogen) atoms. The molecule has 2 saturated heterocycles. The van der Waals surface area contributed by atoms with Crippen molar-refractivity contribution in [3.05, 3.63) is 71.2 Å². The van der Waals surface area contributed by atoms with Gasteiger partial charge >= 0.3 is 0 Å². The summed E-state index contributed by atoms with van der Waals surface area (Å²) in [6.45, 7) is 2.07. The summed E-state index contributed by atoms with van der Waals surface area (Å²) in [5.41, 5.74) is -0.558. The first kappa shape index (κ1) is 29.0. The van der Waals surface area contributed by atoms with Gasteiger partial charge in [-0.25, -0.2) is 17.9 Å². The normalized spacial score (nSPS) is 27.4. The van der Waals surface area contributed by atoms with Crippen LogP contribution in [-0.2, 0) is 9.47 Å². The molecule has 2 aliphatic heterocycles. The number of rotatable bonds is 7. The zero-order chi connectivity index (χ0) is 28.6. The summed E-state index contributed by atoms with van der Waals surface area (Å²) < 4.78 is 53.6. The summed E-state index contributed by atoms with van der Waals surface area (Å²) in [6.07, 6.45) is -2.00. The Labute approximate surface area is 232 Å². The van der Waals surface area contributed by atoms with Crippen LogP contribution in [0.2, 0.25) is 0 Å². The molecule has 13 heteroatoms. The fourth-order valence-corrected chi connectivity index (χ4v) is 6.94. The van der Waals surface area contributed by atoms with Crippen molar-refractivity contribution in [2.45, 2.75) is 60.4 Å². The number of aliphatic hydroxyl groups is 4. The van der Waals surface area contributed by atoms with Gasteiger partial charge < -0.3 is 29.9 Å². The van der Waals surface area contributed by atoms with Crippen LogP contribution in [0.15, 0.2) is 42.6 Å². The van der Waals surface area contributed by atoms with Crippen molar-refractivity contribution >= 4 is 11.8 Å². The van der Waals surface area contributed by atoms with Gasteiger partial charge in [-0.05, 0) is 30.2 Å². The van der Waals surface area contributed by atoms with Gasteiger partial charge in [-0.2, -0.15) is 0 Å². The summed E-state index contributed by atoms with van der Waals surface area (Å²) in [7, 11) is 0. The highest BCUT2D eigenvalue weighted by atomic mass is 32.2. The van der Waals surface area contributed by atoms with Crippen LogP contribution in [0.3, 0.4) is 0 Å². The Hall–Kier alpha value is -2.52. The Morgan fingerprint density at radius 2 is 1.77 bits per heavy atom. The summed E-state index contributed by atoms with van der Waals surface area (Å²) in [5, 5.41) is 51.5. The largest absolute Gasteiger partial charge is 0.394 e. The van der Waals surface area contributed by atoms with Crippen molar-refractivity contribution in [2.24, 2.45) is 0 Å². The van der Waals surface area contributed by atoms with Gasteiger partial charge in [-0.1, -0.05) is 29.5 Å². The zero-order valence-corrected chi connectivity index (χ0v) is 22.3. The number of thioether (sulfide) groups is 1. The van der Waals surface area contributed by atoms with E-state index in [1.165, 1.54) is 18.0 Å². The lowest BCUT2D eigenvalue weighted by Gasteiger charge is -2.45. The van der Waals surface area contributed by atoms with Crippen LogP contribution in [0.5, 0.6) is 0 Å². The average molecular weight is 582 g/mol. The zero-order valence-electron chi connectivity index (χ0n) is 21.5. The highest BCUT2D eigenvalue weighted by molar-refractivity contribution is 8.00. The minimum atomic E-state index is -1.62. The number of hydrogen-bond acceptors (Lipinski definition) is 9. The number of halogens is 3. The smallest absolute Gasteiger partial charge is 0.194 e. The van der Waals surface area contributed by atoms with E-state index in [1.807, 2.05) is 31.2 Å². The molecule has 0 unspecified atom stereocenters. The molecule has 0 amide bonds. The highest BCUT2D eigenvalue weighted by Crippen LogP contribution is 2.49. The minimum absolute atomic E-state index is 0.0252. The number of nitrogens with zero attached hydrogens (tertiary/aromatic N) is 3. The van der Waals surface area contributed by atoms with Crippen molar-refractivity contribution in [1.82, 2.24) is 15.0 Å². The summed E-state index contributed by atoms with van der Waals surface area (Å²) in [6, 6.07) is 7.91. The maximum absolute atomic E-state index is 13.8. The molecule has 2 aliphatic rings. The van der Waals surface area contributed by atoms with E-state index in [2.05, 4.69) is 10.3 Å². The van der Waals surface area contributed by atoms with Crippen molar-refractivity contribution in [1.29, 1.82) is 0 Å². The topological polar surface area (TPSA) is 130 Å². The van der Waals surface area contributed by atoms with E-state index in [4.69, 9.17) is 9.47 Å². The van der Waals surface area contributed by atoms with Crippen LogP contribution in [0, 0.1) is 24.4 Å². The van der Waals surface area contributed by atoms with Gasteiger partial charge in [-0.15, -0.1) is 16.9 Å². The van der Waals surface area contributed by atoms with Crippen LogP contribution in [0.25, 0.3) is 11.3 Å². The molecule has 0 spiro atoms. The minimum Gasteiger partial charge on any atom is -0.394 e. The lowest BCUT2D eigenvalue weighted by Crippen LogP contribution is -2.55. The van der Waals surface area contributed by atoms with E-state index in [1.54, 1.807) is 0 Å². The van der Waals surface area contributed by atoms with Crippen LogP contribution in [-0.4, -0.2) is 84.6 Å². The number of hydrogen-bond donors (Lipinski definition) is 4. The molecular formula is C27H30F3N3O6S. The molecule has 0 bridgehead atoms. The molecule has 9 nitrogen and oxygen atoms in total. The van der Waals surface area contributed by atoms with Crippen LogP contribution in [0.1, 0.15) is 35.3 Å². The van der Waals surface area contributed by atoms with Gasteiger partial charge in [0.25, 0.3) is 0 Å². The first-order valence-electron chi connectivity index (χ1n) is 12.8. The van der Waals surface area contributed by atoms with Crippen LogP contribution in [0.4, 0.5) is 13.2 Å². The first-order valence-corrected chi connectivity index (χ1v) is 13.8. The maximum Gasteiger partial charge on any atom is 0.194 e. The summed E-state index contributed by atoms with van der Waals surface area (Å²) in [4.78, 5) is 0. The molecule has 4 N–H and O–H groups in total. The number of aliphatic hydroxyl groups excluding tert-OH is 3. The van der Waals surface area contributed by atoms with E-state index in [-0.39, 0.29) is 11.3 Å². The fourth-order valence-electron chi connectivity index (χ4n) is 5.24. The second kappa shape index (κ2) is 11.8. The van der Waals surface area contributed by atoms with E-state index in [0.29, 0.717) is 26.1 Å². The van der Waals surface area contributed by atoms with E-state index in [0.717, 1.165) is 27.9 Å². The van der Waals surface area contributed by atoms with Crippen LogP contribution < -0.4 is 0 Å². The van der Waals surface area contributed by atoms with Gasteiger partial charge in [0.2, 0.25) is 0 Å². The van der Waals surface area contributed by atoms with Crippen molar-refractivity contribution in [3.63, 3.8) is 0 Å². The predicted octanol–water partition coefficient (Wildman–Crippen LogP) is 2.67. The predicted molar refractivity (Wildman–Crippen MR) is 139 cm³/mol. The second-order valence-corrected chi connectivity index (χ2v) is 11.3. The molecule has 3 heterocycles. The lowest BCUT2D eigenvalue weighted by molar-refractivity contribution is -0.179. The van der Waals surface area contributed by atoms with E-state index >= 15 is 0 Å². The summed E-state index contributed by atoms with van der Waals surface area (Å²) in [5.74, 6) is -4.42. The van der Waals surface area contributed by atoms with Gasteiger partial charge in [0.05, 0.1) is 23.7 Å². The van der Waals surface area contributed by atoms with Gasteiger partial charge in [0.1, 0.15) is 35.5 Å². The quantitative estimate of drug-likeness (QED) is 0.311. The molecule has 216 valence electrons. The Morgan fingerprint density at radius 3 is 2.42 bits per heavy atom. The number of ether oxygens (including phenoxy) is 2. The molecule has 5 rings (SSSR count). The molecule has 2 aromatic carbocycles. The monoisotopic (exact) mass is 581 g/mol. The van der Waals surface area contributed by atoms with Crippen molar-refractivity contribution < 1.29 is 43.1 Å². The Bertz CT molecular complexity index is 1320. The van der Waals surface area contributed by atoms with Crippen molar-refractivity contribution in [2.75, 3.05) is 19.8 Å². The standard InChI is InChI=1S/C27H30F3N3O6S/c1-14-4-2-3-5-16(14)25(27(37)6-8-38-9-7-27)40-26-24(36)22(23(35)20(13-34)39-26)33-12-19(31-32-33)15-10-17(28)21(30)18(29)11-15/h2-5,10-12,20,22-26,34-37H,6-9,13H2,1H3/t20-,22+,23+,24-,25-,26+/m1/s1. The van der Waals surface area contributed by atoms with Gasteiger partial charge in [-0.3, -0.25) is 0 Å². The Balaban J connectivity index is 1.47. The molecule has 0 saturated carbocycles. The Morgan fingerprint density at radius 1 is 1.10 bits per heavy atom. The van der Waals surface area contributed by atoms with Gasteiger partial charge in [0, 0.05) is 31.6 Å². The SMILES string of the molecule is Cc1ccccc1[C@@H](S[C@@H]1O[C@H](CO)[C@H](O)[C@H](n2cc(-c3cc(F)c(F)c(F)c3)nn2)[C@H]1O)C1(O)CCOCC1. The second-order valence-electron chi connectivity index (χ2n) is 10.1.